The largest absolute Gasteiger partial charge is 0.309 e. The SMILES string of the molecule is CNC(c1ccc(F)cc1)c1cc(Br)sc1C. The van der Waals surface area contributed by atoms with E-state index in [0.29, 0.717) is 0 Å². The van der Waals surface area contributed by atoms with Gasteiger partial charge >= 0.3 is 0 Å². The first-order chi connectivity index (χ1) is 8.11. The maximum Gasteiger partial charge on any atom is 0.123 e. The molecule has 1 N–H and O–H groups in total. The Morgan fingerprint density at radius 2 is 1.94 bits per heavy atom. The zero-order chi connectivity index (χ0) is 12.4. The molecule has 0 spiro atoms. The fourth-order valence-electron chi connectivity index (χ4n) is 1.90. The monoisotopic (exact) mass is 313 g/mol. The minimum Gasteiger partial charge on any atom is -0.309 e. The second kappa shape index (κ2) is 5.29. The van der Waals surface area contributed by atoms with E-state index in [1.165, 1.54) is 22.6 Å². The van der Waals surface area contributed by atoms with Crippen LogP contribution in [0.3, 0.4) is 0 Å². The Labute approximate surface area is 113 Å². The Morgan fingerprint density at radius 3 is 2.41 bits per heavy atom. The number of nitrogens with one attached hydrogen (secondary N) is 1. The number of hydrogen-bond acceptors (Lipinski definition) is 2. The Morgan fingerprint density at radius 1 is 1.29 bits per heavy atom. The molecule has 0 saturated carbocycles. The van der Waals surface area contributed by atoms with Crippen molar-refractivity contribution in [2.24, 2.45) is 0 Å². The average molecular weight is 314 g/mol. The molecule has 0 amide bonds. The molecule has 4 heteroatoms. The van der Waals surface area contributed by atoms with Gasteiger partial charge in [-0.1, -0.05) is 12.1 Å². The molecular formula is C13H13BrFNS. The van der Waals surface area contributed by atoms with E-state index in [1.807, 2.05) is 19.2 Å². The Hall–Kier alpha value is -0.710. The summed E-state index contributed by atoms with van der Waals surface area (Å²) in [5, 5.41) is 3.27. The summed E-state index contributed by atoms with van der Waals surface area (Å²) in [6.45, 7) is 2.10. The zero-order valence-corrected chi connectivity index (χ0v) is 12.0. The third kappa shape index (κ3) is 2.76. The topological polar surface area (TPSA) is 12.0 Å². The first kappa shape index (κ1) is 12.7. The molecular weight excluding hydrogens is 301 g/mol. The molecule has 1 nitrogen and oxygen atoms in total. The smallest absolute Gasteiger partial charge is 0.123 e. The van der Waals surface area contributed by atoms with Gasteiger partial charge in [-0.05, 0) is 59.2 Å². The molecule has 0 bridgehead atoms. The summed E-state index contributed by atoms with van der Waals surface area (Å²) < 4.78 is 14.0. The average Bonchev–Trinajstić information content (AvgIpc) is 2.62. The van der Waals surface area contributed by atoms with Gasteiger partial charge in [-0.15, -0.1) is 11.3 Å². The van der Waals surface area contributed by atoms with Crippen LogP contribution in [0.1, 0.15) is 22.0 Å². The summed E-state index contributed by atoms with van der Waals surface area (Å²) >= 11 is 5.21. The highest BCUT2D eigenvalue weighted by molar-refractivity contribution is 9.11. The number of thiophene rings is 1. The van der Waals surface area contributed by atoms with Crippen LogP contribution in [-0.2, 0) is 0 Å². The van der Waals surface area contributed by atoms with Crippen molar-refractivity contribution in [3.05, 3.63) is 55.9 Å². The number of halogens is 2. The summed E-state index contributed by atoms with van der Waals surface area (Å²) in [6, 6.07) is 8.86. The molecule has 0 aliphatic heterocycles. The van der Waals surface area contributed by atoms with Crippen molar-refractivity contribution in [1.29, 1.82) is 0 Å². The lowest BCUT2D eigenvalue weighted by atomic mass is 10.00. The lowest BCUT2D eigenvalue weighted by Gasteiger charge is -2.16. The highest BCUT2D eigenvalue weighted by Crippen LogP contribution is 2.33. The molecule has 1 unspecified atom stereocenters. The second-order valence-corrected chi connectivity index (χ2v) is 6.47. The van der Waals surface area contributed by atoms with Crippen molar-refractivity contribution < 1.29 is 4.39 Å². The van der Waals surface area contributed by atoms with Crippen molar-refractivity contribution in [1.82, 2.24) is 5.32 Å². The van der Waals surface area contributed by atoms with Gasteiger partial charge in [-0.3, -0.25) is 0 Å². The van der Waals surface area contributed by atoms with Crippen LogP contribution in [0, 0.1) is 12.7 Å². The van der Waals surface area contributed by atoms with Gasteiger partial charge in [-0.25, -0.2) is 4.39 Å². The van der Waals surface area contributed by atoms with E-state index in [1.54, 1.807) is 11.3 Å². The molecule has 0 aliphatic carbocycles. The third-order valence-corrected chi connectivity index (χ3v) is 4.30. The third-order valence-electron chi connectivity index (χ3n) is 2.73. The van der Waals surface area contributed by atoms with E-state index < -0.39 is 0 Å². The standard InChI is InChI=1S/C13H13BrFNS/c1-8-11(7-12(14)17-8)13(16-2)9-3-5-10(15)6-4-9/h3-7,13,16H,1-2H3. The minimum atomic E-state index is -0.202. The Balaban J connectivity index is 2.39. The number of hydrogen-bond donors (Lipinski definition) is 1. The van der Waals surface area contributed by atoms with Gasteiger partial charge in [0.25, 0.3) is 0 Å². The van der Waals surface area contributed by atoms with Crippen molar-refractivity contribution in [2.75, 3.05) is 7.05 Å². The zero-order valence-electron chi connectivity index (χ0n) is 9.63. The van der Waals surface area contributed by atoms with Crippen molar-refractivity contribution in [3.63, 3.8) is 0 Å². The van der Waals surface area contributed by atoms with Gasteiger partial charge in [0.15, 0.2) is 0 Å². The first-order valence-corrected chi connectivity index (χ1v) is 6.91. The Bertz CT molecular complexity index is 507. The minimum absolute atomic E-state index is 0.109. The molecule has 2 aromatic rings. The van der Waals surface area contributed by atoms with Crippen LogP contribution in [0.5, 0.6) is 0 Å². The number of benzene rings is 1. The lowest BCUT2D eigenvalue weighted by molar-refractivity contribution is 0.623. The molecule has 2 rings (SSSR count). The van der Waals surface area contributed by atoms with Crippen LogP contribution in [0.4, 0.5) is 4.39 Å². The molecule has 1 aromatic carbocycles. The van der Waals surface area contributed by atoms with Crippen LogP contribution in [0.25, 0.3) is 0 Å². The van der Waals surface area contributed by atoms with Gasteiger partial charge in [0.05, 0.1) is 9.83 Å². The summed E-state index contributed by atoms with van der Waals surface area (Å²) in [5.74, 6) is -0.202. The van der Waals surface area contributed by atoms with Crippen LogP contribution in [0.2, 0.25) is 0 Å². The van der Waals surface area contributed by atoms with Gasteiger partial charge in [0, 0.05) is 4.88 Å². The van der Waals surface area contributed by atoms with E-state index >= 15 is 0 Å². The molecule has 0 fully saturated rings. The second-order valence-electron chi connectivity index (χ2n) is 3.84. The van der Waals surface area contributed by atoms with Crippen LogP contribution in [0.15, 0.2) is 34.1 Å². The summed E-state index contributed by atoms with van der Waals surface area (Å²) in [7, 11) is 1.92. The summed E-state index contributed by atoms with van der Waals surface area (Å²) in [5.41, 5.74) is 2.30. The maximum absolute atomic E-state index is 12.9. The highest BCUT2D eigenvalue weighted by atomic mass is 79.9. The van der Waals surface area contributed by atoms with Gasteiger partial charge in [0.2, 0.25) is 0 Å². The van der Waals surface area contributed by atoms with E-state index in [-0.39, 0.29) is 11.9 Å². The molecule has 1 aromatic heterocycles. The van der Waals surface area contributed by atoms with Crippen LogP contribution < -0.4 is 5.32 Å². The molecule has 1 heterocycles. The van der Waals surface area contributed by atoms with E-state index in [0.717, 1.165) is 9.35 Å². The molecule has 17 heavy (non-hydrogen) atoms. The Kier molecular flexibility index (Phi) is 3.97. The fraction of sp³-hybridized carbons (Fsp3) is 0.231. The van der Waals surface area contributed by atoms with E-state index in [4.69, 9.17) is 0 Å². The van der Waals surface area contributed by atoms with Gasteiger partial charge < -0.3 is 5.32 Å². The van der Waals surface area contributed by atoms with E-state index in [9.17, 15) is 4.39 Å². The summed E-state index contributed by atoms with van der Waals surface area (Å²) in [4.78, 5) is 1.26. The highest BCUT2D eigenvalue weighted by Gasteiger charge is 2.16. The van der Waals surface area contributed by atoms with Crippen molar-refractivity contribution >= 4 is 27.3 Å². The molecule has 0 radical (unpaired) electrons. The molecule has 0 saturated heterocycles. The number of rotatable bonds is 3. The predicted molar refractivity (Wildman–Crippen MR) is 74.1 cm³/mol. The van der Waals surface area contributed by atoms with Crippen LogP contribution >= 0.6 is 27.3 Å². The van der Waals surface area contributed by atoms with Crippen molar-refractivity contribution in [3.8, 4) is 0 Å². The lowest BCUT2D eigenvalue weighted by Crippen LogP contribution is -2.17. The normalized spacial score (nSPS) is 12.7. The number of aryl methyl sites for hydroxylation is 1. The quantitative estimate of drug-likeness (QED) is 0.892. The van der Waals surface area contributed by atoms with Gasteiger partial charge in [-0.2, -0.15) is 0 Å². The molecule has 0 aliphatic rings. The van der Waals surface area contributed by atoms with E-state index in [2.05, 4.69) is 34.2 Å². The van der Waals surface area contributed by atoms with Crippen molar-refractivity contribution in [2.45, 2.75) is 13.0 Å². The molecule has 90 valence electrons. The molecule has 1 atom stereocenters. The van der Waals surface area contributed by atoms with Gasteiger partial charge in [0.1, 0.15) is 5.82 Å². The summed E-state index contributed by atoms with van der Waals surface area (Å²) in [6.07, 6.45) is 0. The fourth-order valence-corrected chi connectivity index (χ4v) is 3.65. The predicted octanol–water partition coefficient (Wildman–Crippen LogP) is 4.27. The first-order valence-electron chi connectivity index (χ1n) is 5.30. The maximum atomic E-state index is 12.9. The van der Waals surface area contributed by atoms with Crippen LogP contribution in [-0.4, -0.2) is 7.05 Å².